The molecule has 0 aliphatic heterocycles. The average Bonchev–Trinajstić information content (AvgIpc) is 3.14. The summed E-state index contributed by atoms with van der Waals surface area (Å²) in [5.74, 6) is -2.03. The number of rotatable bonds is 6. The first-order valence-electron chi connectivity index (χ1n) is 6.01. The number of primary amides is 1. The van der Waals surface area contributed by atoms with Crippen molar-refractivity contribution in [3.63, 3.8) is 0 Å². The van der Waals surface area contributed by atoms with Gasteiger partial charge in [0.1, 0.15) is 5.82 Å². The normalized spacial score (nSPS) is 14.6. The molecular weight excluding hydrogens is 251 g/mol. The minimum absolute atomic E-state index is 0.134. The number of hydrogen-bond donors (Lipinski definition) is 2. The average molecular weight is 266 g/mol. The van der Waals surface area contributed by atoms with Crippen LogP contribution in [0, 0.1) is 5.82 Å². The molecule has 2 rings (SSSR count). The molecule has 1 aromatic rings. The van der Waals surface area contributed by atoms with Gasteiger partial charge in [-0.25, -0.2) is 4.39 Å². The van der Waals surface area contributed by atoms with Crippen LogP contribution in [-0.4, -0.2) is 34.5 Å². The molecule has 0 radical (unpaired) electrons. The van der Waals surface area contributed by atoms with E-state index >= 15 is 0 Å². The van der Waals surface area contributed by atoms with Crippen molar-refractivity contribution in [1.82, 2.24) is 4.90 Å². The van der Waals surface area contributed by atoms with Gasteiger partial charge in [-0.1, -0.05) is 0 Å². The molecule has 1 aromatic carbocycles. The van der Waals surface area contributed by atoms with Crippen molar-refractivity contribution < 1.29 is 19.1 Å². The Hall–Kier alpha value is -1.95. The minimum atomic E-state index is -0.946. The number of halogens is 1. The molecule has 0 heterocycles. The van der Waals surface area contributed by atoms with Crippen LogP contribution in [0.4, 0.5) is 4.39 Å². The number of amides is 1. The quantitative estimate of drug-likeness (QED) is 0.803. The highest BCUT2D eigenvalue weighted by Crippen LogP contribution is 2.28. The maximum atomic E-state index is 13.7. The third-order valence-corrected chi connectivity index (χ3v) is 3.11. The summed E-state index contributed by atoms with van der Waals surface area (Å²) in [6.45, 7) is 0.0365. The highest BCUT2D eigenvalue weighted by molar-refractivity contribution is 5.92. The molecule has 1 fully saturated rings. The van der Waals surface area contributed by atoms with Gasteiger partial charge in [-0.2, -0.15) is 0 Å². The van der Waals surface area contributed by atoms with Gasteiger partial charge in [0.15, 0.2) is 0 Å². The van der Waals surface area contributed by atoms with Crippen LogP contribution in [0.5, 0.6) is 0 Å². The minimum Gasteiger partial charge on any atom is -0.480 e. The van der Waals surface area contributed by atoms with Crippen molar-refractivity contribution in [3.05, 3.63) is 35.1 Å². The van der Waals surface area contributed by atoms with Crippen LogP contribution in [0.1, 0.15) is 28.8 Å². The third-order valence-electron chi connectivity index (χ3n) is 3.11. The Balaban J connectivity index is 2.17. The zero-order valence-electron chi connectivity index (χ0n) is 10.3. The SMILES string of the molecule is NC(=O)c1ccc(F)c(CN(CC(=O)O)C2CC2)c1. The molecule has 1 aliphatic carbocycles. The standard InChI is InChI=1S/C13H15FN2O3/c14-11-4-1-8(13(15)19)5-9(11)6-16(7-12(17)18)10-2-3-10/h1,4-5,10H,2-3,6-7H2,(H2,15,19)(H,17,18). The fourth-order valence-electron chi connectivity index (χ4n) is 2.00. The topological polar surface area (TPSA) is 83.6 Å². The van der Waals surface area contributed by atoms with Crippen molar-refractivity contribution >= 4 is 11.9 Å². The van der Waals surface area contributed by atoms with Gasteiger partial charge in [-0.3, -0.25) is 14.5 Å². The summed E-state index contributed by atoms with van der Waals surface area (Å²) in [7, 11) is 0. The molecule has 0 bridgehead atoms. The molecule has 19 heavy (non-hydrogen) atoms. The van der Waals surface area contributed by atoms with Crippen LogP contribution in [0.25, 0.3) is 0 Å². The Kier molecular flexibility index (Phi) is 3.80. The number of carboxylic acid groups (broad SMARTS) is 1. The molecule has 0 spiro atoms. The predicted molar refractivity (Wildman–Crippen MR) is 66.0 cm³/mol. The van der Waals surface area contributed by atoms with Crippen molar-refractivity contribution in [2.24, 2.45) is 5.73 Å². The van der Waals surface area contributed by atoms with Gasteiger partial charge in [0, 0.05) is 23.7 Å². The molecule has 3 N–H and O–H groups in total. The van der Waals surface area contributed by atoms with Crippen molar-refractivity contribution in [3.8, 4) is 0 Å². The molecule has 0 unspecified atom stereocenters. The van der Waals surface area contributed by atoms with Crippen LogP contribution < -0.4 is 5.73 Å². The van der Waals surface area contributed by atoms with Gasteiger partial charge in [-0.05, 0) is 31.0 Å². The van der Waals surface area contributed by atoms with E-state index in [1.165, 1.54) is 18.2 Å². The highest BCUT2D eigenvalue weighted by atomic mass is 19.1. The van der Waals surface area contributed by atoms with Gasteiger partial charge in [-0.15, -0.1) is 0 Å². The Bertz CT molecular complexity index is 515. The zero-order chi connectivity index (χ0) is 14.0. The smallest absolute Gasteiger partial charge is 0.317 e. The third kappa shape index (κ3) is 3.51. The van der Waals surface area contributed by atoms with Crippen molar-refractivity contribution in [1.29, 1.82) is 0 Å². The summed E-state index contributed by atoms with van der Waals surface area (Å²) in [5, 5.41) is 8.84. The highest BCUT2D eigenvalue weighted by Gasteiger charge is 2.30. The number of nitrogens with zero attached hydrogens (tertiary/aromatic N) is 1. The van der Waals surface area contributed by atoms with Crippen LogP contribution in [0.2, 0.25) is 0 Å². The maximum Gasteiger partial charge on any atom is 0.317 e. The van der Waals surface area contributed by atoms with Crippen LogP contribution in [-0.2, 0) is 11.3 Å². The summed E-state index contributed by atoms with van der Waals surface area (Å²) in [6.07, 6.45) is 1.84. The number of hydrogen-bond acceptors (Lipinski definition) is 3. The molecule has 6 heteroatoms. The lowest BCUT2D eigenvalue weighted by Gasteiger charge is -2.20. The summed E-state index contributed by atoms with van der Waals surface area (Å²) in [5.41, 5.74) is 5.67. The number of aliphatic carboxylic acids is 1. The van der Waals surface area contributed by atoms with E-state index in [4.69, 9.17) is 10.8 Å². The lowest BCUT2D eigenvalue weighted by Crippen LogP contribution is -2.31. The predicted octanol–water partition coefficient (Wildman–Crippen LogP) is 0.974. The van der Waals surface area contributed by atoms with Crippen LogP contribution in [0.15, 0.2) is 18.2 Å². The second kappa shape index (κ2) is 5.36. The Morgan fingerprint density at radius 1 is 1.42 bits per heavy atom. The summed E-state index contributed by atoms with van der Waals surface area (Å²) < 4.78 is 13.7. The van der Waals surface area contributed by atoms with Gasteiger partial charge in [0.05, 0.1) is 6.54 Å². The van der Waals surface area contributed by atoms with Gasteiger partial charge in [0.2, 0.25) is 5.91 Å². The first-order chi connectivity index (χ1) is 8.97. The molecule has 1 saturated carbocycles. The van der Waals surface area contributed by atoms with Gasteiger partial charge >= 0.3 is 5.97 Å². The lowest BCUT2D eigenvalue weighted by molar-refractivity contribution is -0.138. The lowest BCUT2D eigenvalue weighted by atomic mass is 10.1. The Morgan fingerprint density at radius 2 is 2.11 bits per heavy atom. The molecule has 5 nitrogen and oxygen atoms in total. The fourth-order valence-corrected chi connectivity index (χ4v) is 2.00. The van der Waals surface area contributed by atoms with E-state index in [1.54, 1.807) is 4.90 Å². The molecule has 0 atom stereocenters. The van der Waals surface area contributed by atoms with E-state index in [0.717, 1.165) is 12.8 Å². The molecule has 0 aromatic heterocycles. The first kappa shape index (κ1) is 13.5. The van der Waals surface area contributed by atoms with Gasteiger partial charge < -0.3 is 10.8 Å². The molecule has 1 aliphatic rings. The summed E-state index contributed by atoms with van der Waals surface area (Å²) in [6, 6.07) is 4.07. The number of carbonyl (C=O) groups is 2. The van der Waals surface area contributed by atoms with Gasteiger partial charge in [0.25, 0.3) is 0 Å². The second-order valence-electron chi connectivity index (χ2n) is 4.70. The molecular formula is C13H15FN2O3. The number of carbonyl (C=O) groups excluding carboxylic acids is 1. The summed E-state index contributed by atoms with van der Waals surface area (Å²) in [4.78, 5) is 23.5. The van der Waals surface area contributed by atoms with E-state index in [9.17, 15) is 14.0 Å². The number of carboxylic acids is 1. The van der Waals surface area contributed by atoms with Crippen LogP contribution >= 0.6 is 0 Å². The fraction of sp³-hybridized carbons (Fsp3) is 0.385. The van der Waals surface area contributed by atoms with E-state index in [0.29, 0.717) is 5.56 Å². The maximum absolute atomic E-state index is 13.7. The largest absolute Gasteiger partial charge is 0.480 e. The molecule has 102 valence electrons. The van der Waals surface area contributed by atoms with Crippen molar-refractivity contribution in [2.75, 3.05) is 6.54 Å². The number of nitrogens with two attached hydrogens (primary N) is 1. The summed E-state index contributed by atoms with van der Waals surface area (Å²) >= 11 is 0. The number of benzene rings is 1. The Morgan fingerprint density at radius 3 is 2.63 bits per heavy atom. The molecule has 1 amide bonds. The second-order valence-corrected chi connectivity index (χ2v) is 4.70. The van der Waals surface area contributed by atoms with Crippen molar-refractivity contribution in [2.45, 2.75) is 25.4 Å². The van der Waals surface area contributed by atoms with Crippen LogP contribution in [0.3, 0.4) is 0 Å². The van der Waals surface area contributed by atoms with E-state index in [1.807, 2.05) is 0 Å². The van der Waals surface area contributed by atoms with E-state index in [-0.39, 0.29) is 24.7 Å². The van der Waals surface area contributed by atoms with E-state index in [2.05, 4.69) is 0 Å². The molecule has 0 saturated heterocycles. The van der Waals surface area contributed by atoms with E-state index < -0.39 is 17.7 Å². The monoisotopic (exact) mass is 266 g/mol. The first-order valence-corrected chi connectivity index (χ1v) is 6.01. The zero-order valence-corrected chi connectivity index (χ0v) is 10.3. The Labute approximate surface area is 109 Å².